The summed E-state index contributed by atoms with van der Waals surface area (Å²) < 4.78 is 0. The molecular formula is C14H10O3. The fourth-order valence-corrected chi connectivity index (χ4v) is 1.75. The predicted molar refractivity (Wildman–Crippen MR) is 64.3 cm³/mol. The molecule has 2 aromatic carbocycles. The van der Waals surface area contributed by atoms with Crippen molar-refractivity contribution in [2.24, 2.45) is 0 Å². The summed E-state index contributed by atoms with van der Waals surface area (Å²) in [7, 11) is 0. The summed E-state index contributed by atoms with van der Waals surface area (Å²) in [5.74, 6) is 0.0821. The number of carbonyl (C=O) groups excluding carboxylic acids is 2. The number of carbonyl (C=O) groups is 2. The first-order chi connectivity index (χ1) is 8.27. The summed E-state index contributed by atoms with van der Waals surface area (Å²) in [6.45, 7) is 0. The molecular weight excluding hydrogens is 216 g/mol. The zero-order valence-corrected chi connectivity index (χ0v) is 8.96. The van der Waals surface area contributed by atoms with Gasteiger partial charge >= 0.3 is 0 Å². The van der Waals surface area contributed by atoms with Gasteiger partial charge in [-0.3, -0.25) is 9.59 Å². The van der Waals surface area contributed by atoms with E-state index in [4.69, 9.17) is 0 Å². The number of aldehydes is 2. The molecule has 0 aliphatic rings. The second-order valence-electron chi connectivity index (χ2n) is 3.56. The van der Waals surface area contributed by atoms with Crippen molar-refractivity contribution in [2.75, 3.05) is 0 Å². The Kier molecular flexibility index (Phi) is 3.01. The van der Waals surface area contributed by atoms with Crippen molar-refractivity contribution in [1.82, 2.24) is 0 Å². The molecule has 0 spiro atoms. The summed E-state index contributed by atoms with van der Waals surface area (Å²) in [5.41, 5.74) is 1.71. The van der Waals surface area contributed by atoms with Gasteiger partial charge in [0.1, 0.15) is 5.75 Å². The summed E-state index contributed by atoms with van der Waals surface area (Å²) in [5, 5.41) is 9.74. The number of phenolic OH excluding ortho intramolecular Hbond substituents is 1. The minimum Gasteiger partial charge on any atom is -0.507 e. The van der Waals surface area contributed by atoms with Crippen molar-refractivity contribution < 1.29 is 14.7 Å². The lowest BCUT2D eigenvalue weighted by Gasteiger charge is -2.08. The Morgan fingerprint density at radius 1 is 0.824 bits per heavy atom. The monoisotopic (exact) mass is 226 g/mol. The molecule has 0 saturated heterocycles. The van der Waals surface area contributed by atoms with Gasteiger partial charge in [0.25, 0.3) is 0 Å². The molecule has 17 heavy (non-hydrogen) atoms. The normalized spacial score (nSPS) is 9.88. The topological polar surface area (TPSA) is 54.4 Å². The van der Waals surface area contributed by atoms with Crippen LogP contribution in [0.4, 0.5) is 0 Å². The third-order valence-electron chi connectivity index (χ3n) is 2.58. The second-order valence-corrected chi connectivity index (χ2v) is 3.56. The van der Waals surface area contributed by atoms with E-state index >= 15 is 0 Å². The maximum Gasteiger partial charge on any atom is 0.151 e. The molecule has 2 rings (SSSR count). The van der Waals surface area contributed by atoms with Crippen LogP contribution in [-0.4, -0.2) is 17.7 Å². The zero-order valence-electron chi connectivity index (χ0n) is 8.96. The molecule has 0 aliphatic carbocycles. The molecule has 0 fully saturated rings. The second kappa shape index (κ2) is 4.61. The van der Waals surface area contributed by atoms with Crippen LogP contribution in [0.5, 0.6) is 5.75 Å². The average molecular weight is 226 g/mol. The van der Waals surface area contributed by atoms with E-state index in [1.165, 1.54) is 6.07 Å². The molecule has 84 valence electrons. The van der Waals surface area contributed by atoms with Crippen LogP contribution in [0.2, 0.25) is 0 Å². The van der Waals surface area contributed by atoms with Gasteiger partial charge in [0.15, 0.2) is 12.6 Å². The van der Waals surface area contributed by atoms with Crippen molar-refractivity contribution in [1.29, 1.82) is 0 Å². The molecule has 0 aromatic heterocycles. The largest absolute Gasteiger partial charge is 0.507 e. The zero-order chi connectivity index (χ0) is 12.3. The lowest BCUT2D eigenvalue weighted by Crippen LogP contribution is -1.94. The Morgan fingerprint density at radius 2 is 1.53 bits per heavy atom. The van der Waals surface area contributed by atoms with E-state index in [9.17, 15) is 14.7 Å². The maximum absolute atomic E-state index is 11.1. The molecule has 2 aromatic rings. The standard InChI is InChI=1S/C14H10O3/c15-8-10-4-3-6-11(13(10)9-16)12-5-1-2-7-14(12)17/h1-9,17H. The summed E-state index contributed by atoms with van der Waals surface area (Å²) in [6, 6.07) is 11.6. The minimum atomic E-state index is 0.0821. The van der Waals surface area contributed by atoms with Crippen LogP contribution in [0.15, 0.2) is 42.5 Å². The van der Waals surface area contributed by atoms with Crippen molar-refractivity contribution in [3.63, 3.8) is 0 Å². The molecule has 0 bridgehead atoms. The Balaban J connectivity index is 2.72. The van der Waals surface area contributed by atoms with Crippen LogP contribution in [0.3, 0.4) is 0 Å². The highest BCUT2D eigenvalue weighted by atomic mass is 16.3. The molecule has 3 nitrogen and oxygen atoms in total. The third kappa shape index (κ3) is 1.95. The third-order valence-corrected chi connectivity index (χ3v) is 2.58. The number of benzene rings is 2. The van der Waals surface area contributed by atoms with Crippen molar-refractivity contribution in [3.8, 4) is 16.9 Å². The van der Waals surface area contributed by atoms with E-state index in [1.807, 2.05) is 0 Å². The first-order valence-electron chi connectivity index (χ1n) is 5.09. The highest BCUT2D eigenvalue weighted by Gasteiger charge is 2.11. The summed E-state index contributed by atoms with van der Waals surface area (Å²) in [4.78, 5) is 21.9. The smallest absolute Gasteiger partial charge is 0.151 e. The Bertz CT molecular complexity index is 573. The van der Waals surface area contributed by atoms with Gasteiger partial charge in [-0.2, -0.15) is 0 Å². The Labute approximate surface area is 98.3 Å². The van der Waals surface area contributed by atoms with Gasteiger partial charge in [-0.15, -0.1) is 0 Å². The van der Waals surface area contributed by atoms with Crippen molar-refractivity contribution >= 4 is 12.6 Å². The number of hydrogen-bond donors (Lipinski definition) is 1. The number of rotatable bonds is 3. The number of aromatic hydroxyl groups is 1. The number of hydrogen-bond acceptors (Lipinski definition) is 3. The van der Waals surface area contributed by atoms with E-state index in [-0.39, 0.29) is 5.75 Å². The molecule has 0 heterocycles. The van der Waals surface area contributed by atoms with Gasteiger partial charge in [0.2, 0.25) is 0 Å². The fourth-order valence-electron chi connectivity index (χ4n) is 1.75. The van der Waals surface area contributed by atoms with Gasteiger partial charge in [0.05, 0.1) is 0 Å². The van der Waals surface area contributed by atoms with E-state index in [0.29, 0.717) is 34.8 Å². The van der Waals surface area contributed by atoms with E-state index in [1.54, 1.807) is 36.4 Å². The molecule has 0 unspecified atom stereocenters. The van der Waals surface area contributed by atoms with Crippen LogP contribution in [0.25, 0.3) is 11.1 Å². The molecule has 3 heteroatoms. The van der Waals surface area contributed by atoms with Crippen LogP contribution >= 0.6 is 0 Å². The van der Waals surface area contributed by atoms with E-state index < -0.39 is 0 Å². The minimum absolute atomic E-state index is 0.0821. The molecule has 0 radical (unpaired) electrons. The lowest BCUT2D eigenvalue weighted by molar-refractivity contribution is 0.109. The molecule has 0 amide bonds. The van der Waals surface area contributed by atoms with Gasteiger partial charge < -0.3 is 5.11 Å². The van der Waals surface area contributed by atoms with Gasteiger partial charge in [0, 0.05) is 16.7 Å². The van der Waals surface area contributed by atoms with Crippen LogP contribution in [-0.2, 0) is 0 Å². The van der Waals surface area contributed by atoms with Crippen LogP contribution in [0, 0.1) is 0 Å². The molecule has 0 saturated carbocycles. The predicted octanol–water partition coefficient (Wildman–Crippen LogP) is 2.68. The lowest BCUT2D eigenvalue weighted by atomic mass is 9.96. The SMILES string of the molecule is O=Cc1cccc(-c2ccccc2O)c1C=O. The fraction of sp³-hybridized carbons (Fsp3) is 0. The quantitative estimate of drug-likeness (QED) is 0.818. The highest BCUT2D eigenvalue weighted by Crippen LogP contribution is 2.31. The highest BCUT2D eigenvalue weighted by molar-refractivity contribution is 5.98. The first-order valence-corrected chi connectivity index (χ1v) is 5.09. The molecule has 1 N–H and O–H groups in total. The van der Waals surface area contributed by atoms with Gasteiger partial charge in [-0.1, -0.05) is 36.4 Å². The molecule has 0 aliphatic heterocycles. The van der Waals surface area contributed by atoms with Crippen molar-refractivity contribution in [2.45, 2.75) is 0 Å². The van der Waals surface area contributed by atoms with E-state index in [0.717, 1.165) is 0 Å². The Morgan fingerprint density at radius 3 is 2.18 bits per heavy atom. The van der Waals surface area contributed by atoms with Gasteiger partial charge in [-0.25, -0.2) is 0 Å². The summed E-state index contributed by atoms with van der Waals surface area (Å²) >= 11 is 0. The van der Waals surface area contributed by atoms with Gasteiger partial charge in [-0.05, 0) is 11.6 Å². The number of phenols is 1. The maximum atomic E-state index is 11.1. The number of para-hydroxylation sites is 1. The van der Waals surface area contributed by atoms with Crippen LogP contribution in [0.1, 0.15) is 20.7 Å². The van der Waals surface area contributed by atoms with E-state index in [2.05, 4.69) is 0 Å². The summed E-state index contributed by atoms with van der Waals surface area (Å²) in [6.07, 6.45) is 1.26. The molecule has 0 atom stereocenters. The van der Waals surface area contributed by atoms with Crippen LogP contribution < -0.4 is 0 Å². The Hall–Kier alpha value is -2.42. The first kappa shape index (κ1) is 11.1. The van der Waals surface area contributed by atoms with Crippen molar-refractivity contribution in [3.05, 3.63) is 53.6 Å². The average Bonchev–Trinajstić information content (AvgIpc) is 2.38.